The number of rotatable bonds is 2. The Labute approximate surface area is 85.2 Å². The molecule has 0 aromatic carbocycles. The van der Waals surface area contributed by atoms with Crippen LogP contribution in [0.2, 0.25) is 0 Å². The van der Waals surface area contributed by atoms with Gasteiger partial charge in [-0.15, -0.1) is 0 Å². The fourth-order valence-corrected chi connectivity index (χ4v) is 2.72. The van der Waals surface area contributed by atoms with Crippen molar-refractivity contribution < 1.29 is 9.53 Å². The average Bonchev–Trinajstić information content (AvgIpc) is 2.17. The molecular formula is C11H19NO2. The third-order valence-electron chi connectivity index (χ3n) is 3.33. The van der Waals surface area contributed by atoms with Crippen molar-refractivity contribution in [3.05, 3.63) is 0 Å². The van der Waals surface area contributed by atoms with Crippen LogP contribution in [0.1, 0.15) is 39.0 Å². The lowest BCUT2D eigenvalue weighted by Gasteiger charge is -2.39. The van der Waals surface area contributed by atoms with E-state index in [-0.39, 0.29) is 11.9 Å². The second-order valence-electron chi connectivity index (χ2n) is 4.41. The van der Waals surface area contributed by atoms with Crippen LogP contribution in [0.4, 0.5) is 0 Å². The maximum atomic E-state index is 11.6. The summed E-state index contributed by atoms with van der Waals surface area (Å²) >= 11 is 0. The molecule has 2 aliphatic rings. The minimum atomic E-state index is 0.0194. The van der Waals surface area contributed by atoms with E-state index in [0.29, 0.717) is 18.7 Å². The Kier molecular flexibility index (Phi) is 3.06. The molecule has 0 aromatic rings. The molecule has 2 heterocycles. The third-order valence-corrected chi connectivity index (χ3v) is 3.33. The second-order valence-corrected chi connectivity index (χ2v) is 4.41. The maximum Gasteiger partial charge on any atom is 0.309 e. The highest BCUT2D eigenvalue weighted by Gasteiger charge is 2.35. The molecule has 0 radical (unpaired) electrons. The molecule has 2 atom stereocenters. The Balaban J connectivity index is 1.91. The molecule has 1 N–H and O–H groups in total. The molecule has 0 amide bonds. The van der Waals surface area contributed by atoms with Gasteiger partial charge in [0.15, 0.2) is 0 Å². The number of ether oxygens (including phenoxy) is 1. The molecule has 0 unspecified atom stereocenters. The molecule has 3 heteroatoms. The zero-order valence-corrected chi connectivity index (χ0v) is 8.79. The largest absolute Gasteiger partial charge is 0.466 e. The van der Waals surface area contributed by atoms with Crippen LogP contribution in [0, 0.1) is 5.92 Å². The molecule has 0 aromatic heterocycles. The minimum absolute atomic E-state index is 0.0194. The van der Waals surface area contributed by atoms with Crippen LogP contribution in [-0.2, 0) is 9.53 Å². The number of fused-ring (bicyclic) bond motifs is 2. The molecule has 3 nitrogen and oxygen atoms in total. The number of carbonyl (C=O) groups excluding carboxylic acids is 1. The smallest absolute Gasteiger partial charge is 0.309 e. The quantitative estimate of drug-likeness (QED) is 0.681. The van der Waals surface area contributed by atoms with Gasteiger partial charge in [0.2, 0.25) is 0 Å². The summed E-state index contributed by atoms with van der Waals surface area (Å²) in [6.07, 6.45) is 5.74. The van der Waals surface area contributed by atoms with Gasteiger partial charge in [-0.3, -0.25) is 4.79 Å². The zero-order valence-electron chi connectivity index (χ0n) is 8.79. The summed E-state index contributed by atoms with van der Waals surface area (Å²) in [5, 5.41) is 3.57. The van der Waals surface area contributed by atoms with Crippen LogP contribution in [0.5, 0.6) is 0 Å². The molecule has 2 saturated heterocycles. The molecule has 2 fully saturated rings. The fraction of sp³-hybridized carbons (Fsp3) is 0.909. The van der Waals surface area contributed by atoms with Crippen molar-refractivity contribution in [1.29, 1.82) is 0 Å². The summed E-state index contributed by atoms with van der Waals surface area (Å²) in [5.41, 5.74) is 0. The van der Waals surface area contributed by atoms with Gasteiger partial charge in [0.1, 0.15) is 0 Å². The van der Waals surface area contributed by atoms with Crippen molar-refractivity contribution in [2.75, 3.05) is 6.61 Å². The van der Waals surface area contributed by atoms with E-state index in [1.165, 1.54) is 19.3 Å². The van der Waals surface area contributed by atoms with Crippen molar-refractivity contribution in [3.63, 3.8) is 0 Å². The minimum Gasteiger partial charge on any atom is -0.466 e. The number of hydrogen-bond donors (Lipinski definition) is 1. The van der Waals surface area contributed by atoms with Crippen molar-refractivity contribution in [2.24, 2.45) is 5.92 Å². The van der Waals surface area contributed by atoms with Gasteiger partial charge in [-0.1, -0.05) is 6.42 Å². The number of piperidine rings is 2. The molecule has 0 spiro atoms. The maximum absolute atomic E-state index is 11.6. The standard InChI is InChI=1S/C11H19NO2/c1-2-14-11(13)8-6-9-4-3-5-10(7-8)12-9/h8-10,12H,2-7H2,1H3/t9-,10-/m1/s1. The van der Waals surface area contributed by atoms with E-state index < -0.39 is 0 Å². The lowest BCUT2D eigenvalue weighted by atomic mass is 9.80. The molecule has 14 heavy (non-hydrogen) atoms. The van der Waals surface area contributed by atoms with Gasteiger partial charge < -0.3 is 10.1 Å². The molecule has 2 bridgehead atoms. The Morgan fingerprint density at radius 2 is 2.00 bits per heavy atom. The van der Waals surface area contributed by atoms with Crippen LogP contribution >= 0.6 is 0 Å². The normalized spacial score (nSPS) is 36.5. The Morgan fingerprint density at radius 3 is 2.57 bits per heavy atom. The van der Waals surface area contributed by atoms with Gasteiger partial charge in [-0.25, -0.2) is 0 Å². The summed E-state index contributed by atoms with van der Waals surface area (Å²) in [5.74, 6) is 0.178. The molecule has 0 aliphatic carbocycles. The number of nitrogens with one attached hydrogen (secondary N) is 1. The SMILES string of the molecule is CCOC(=O)C1C[C@H]2CCC[C@H](C1)N2. The molecule has 0 saturated carbocycles. The van der Waals surface area contributed by atoms with Crippen LogP contribution in [0.25, 0.3) is 0 Å². The lowest BCUT2D eigenvalue weighted by molar-refractivity contribution is -0.150. The van der Waals surface area contributed by atoms with Gasteiger partial charge >= 0.3 is 5.97 Å². The van der Waals surface area contributed by atoms with Gasteiger partial charge in [0.05, 0.1) is 12.5 Å². The summed E-state index contributed by atoms with van der Waals surface area (Å²) in [6, 6.07) is 1.13. The highest BCUT2D eigenvalue weighted by Crippen LogP contribution is 2.30. The van der Waals surface area contributed by atoms with E-state index in [0.717, 1.165) is 12.8 Å². The van der Waals surface area contributed by atoms with Crippen LogP contribution in [-0.4, -0.2) is 24.7 Å². The van der Waals surface area contributed by atoms with Gasteiger partial charge in [-0.2, -0.15) is 0 Å². The highest BCUT2D eigenvalue weighted by atomic mass is 16.5. The van der Waals surface area contributed by atoms with E-state index in [1.54, 1.807) is 0 Å². The lowest BCUT2D eigenvalue weighted by Crippen LogP contribution is -2.50. The topological polar surface area (TPSA) is 38.3 Å². The third kappa shape index (κ3) is 2.08. The predicted molar refractivity (Wildman–Crippen MR) is 53.9 cm³/mol. The summed E-state index contributed by atoms with van der Waals surface area (Å²) in [7, 11) is 0. The first-order chi connectivity index (χ1) is 6.79. The second kappa shape index (κ2) is 4.30. The summed E-state index contributed by atoms with van der Waals surface area (Å²) in [4.78, 5) is 11.6. The molecule has 2 rings (SSSR count). The molecular weight excluding hydrogens is 178 g/mol. The van der Waals surface area contributed by atoms with Crippen LogP contribution in [0.15, 0.2) is 0 Å². The van der Waals surface area contributed by atoms with E-state index in [4.69, 9.17) is 4.74 Å². The summed E-state index contributed by atoms with van der Waals surface area (Å²) < 4.78 is 5.08. The van der Waals surface area contributed by atoms with E-state index >= 15 is 0 Å². The highest BCUT2D eigenvalue weighted by molar-refractivity contribution is 5.72. The van der Waals surface area contributed by atoms with Gasteiger partial charge in [-0.05, 0) is 32.6 Å². The van der Waals surface area contributed by atoms with E-state index in [1.807, 2.05) is 6.92 Å². The summed E-state index contributed by atoms with van der Waals surface area (Å²) in [6.45, 7) is 2.39. The van der Waals surface area contributed by atoms with Gasteiger partial charge in [0, 0.05) is 12.1 Å². The van der Waals surface area contributed by atoms with E-state index in [9.17, 15) is 4.79 Å². The number of hydrogen-bond acceptors (Lipinski definition) is 3. The monoisotopic (exact) mass is 197 g/mol. The predicted octanol–water partition coefficient (Wildman–Crippen LogP) is 1.47. The first kappa shape index (κ1) is 9.97. The number of esters is 1. The van der Waals surface area contributed by atoms with E-state index in [2.05, 4.69) is 5.32 Å². The van der Waals surface area contributed by atoms with Crippen molar-refractivity contribution in [1.82, 2.24) is 5.32 Å². The first-order valence-electron chi connectivity index (χ1n) is 5.72. The number of carbonyl (C=O) groups is 1. The van der Waals surface area contributed by atoms with Crippen molar-refractivity contribution in [2.45, 2.75) is 51.1 Å². The Bertz CT molecular complexity index is 205. The molecule has 2 aliphatic heterocycles. The van der Waals surface area contributed by atoms with Crippen LogP contribution < -0.4 is 5.32 Å². The average molecular weight is 197 g/mol. The Hall–Kier alpha value is -0.570. The molecule has 80 valence electrons. The van der Waals surface area contributed by atoms with Crippen molar-refractivity contribution in [3.8, 4) is 0 Å². The Morgan fingerprint density at radius 1 is 1.36 bits per heavy atom. The fourth-order valence-electron chi connectivity index (χ4n) is 2.72. The zero-order chi connectivity index (χ0) is 9.97. The van der Waals surface area contributed by atoms with Crippen molar-refractivity contribution >= 4 is 5.97 Å². The van der Waals surface area contributed by atoms with Crippen LogP contribution in [0.3, 0.4) is 0 Å². The first-order valence-corrected chi connectivity index (χ1v) is 5.72. The van der Waals surface area contributed by atoms with Gasteiger partial charge in [0.25, 0.3) is 0 Å².